The molecule has 2 aliphatic rings. The first-order chi connectivity index (χ1) is 11.9. The lowest BCUT2D eigenvalue weighted by molar-refractivity contribution is -0.120. The van der Waals surface area contributed by atoms with Gasteiger partial charge in [-0.15, -0.1) is 11.3 Å². The smallest absolute Gasteiger partial charge is 0.271 e. The van der Waals surface area contributed by atoms with Gasteiger partial charge in [0.05, 0.1) is 5.41 Å². The Bertz CT molecular complexity index is 941. The van der Waals surface area contributed by atoms with Crippen LogP contribution in [0.4, 0.5) is 11.4 Å². The zero-order valence-electron chi connectivity index (χ0n) is 14.0. The van der Waals surface area contributed by atoms with Crippen molar-refractivity contribution in [2.75, 3.05) is 10.0 Å². The monoisotopic (exact) mass is 376 g/mol. The van der Waals surface area contributed by atoms with Crippen LogP contribution in [0.1, 0.15) is 43.0 Å². The summed E-state index contributed by atoms with van der Waals surface area (Å²) < 4.78 is 28.2. The molecule has 2 aromatic rings. The third-order valence-electron chi connectivity index (χ3n) is 5.18. The number of fused-ring (bicyclic) bond motifs is 2. The molecule has 1 amide bonds. The lowest BCUT2D eigenvalue weighted by Gasteiger charge is -2.21. The van der Waals surface area contributed by atoms with Crippen LogP contribution in [0.3, 0.4) is 0 Å². The SMILES string of the molecule is CCc1ccc(S(=O)(=O)Nc2ccc3c(c2)C2(CCCC2)C(=O)N3)s1. The van der Waals surface area contributed by atoms with Gasteiger partial charge in [-0.3, -0.25) is 9.52 Å². The Labute approximate surface area is 151 Å². The first-order valence-corrected chi connectivity index (χ1v) is 10.8. The fourth-order valence-electron chi connectivity index (χ4n) is 3.85. The van der Waals surface area contributed by atoms with Crippen molar-refractivity contribution in [3.8, 4) is 0 Å². The van der Waals surface area contributed by atoms with Gasteiger partial charge < -0.3 is 5.32 Å². The Hall–Kier alpha value is -1.86. The van der Waals surface area contributed by atoms with E-state index in [0.717, 1.165) is 48.2 Å². The second-order valence-corrected chi connectivity index (χ2v) is 9.76. The molecule has 0 saturated heterocycles. The van der Waals surface area contributed by atoms with Crippen LogP contribution < -0.4 is 10.0 Å². The fourth-order valence-corrected chi connectivity index (χ4v) is 6.19. The molecule has 5 nitrogen and oxygen atoms in total. The summed E-state index contributed by atoms with van der Waals surface area (Å²) in [4.78, 5) is 13.5. The highest BCUT2D eigenvalue weighted by atomic mass is 32.2. The van der Waals surface area contributed by atoms with Gasteiger partial charge in [0.1, 0.15) is 4.21 Å². The van der Waals surface area contributed by atoms with Gasteiger partial charge in [0.15, 0.2) is 0 Å². The van der Waals surface area contributed by atoms with Gasteiger partial charge in [0, 0.05) is 16.3 Å². The third-order valence-corrected chi connectivity index (χ3v) is 8.28. The molecule has 0 unspecified atom stereocenters. The molecule has 2 N–H and O–H groups in total. The first-order valence-electron chi connectivity index (χ1n) is 8.52. The van der Waals surface area contributed by atoms with Crippen LogP contribution in [0.2, 0.25) is 0 Å². The van der Waals surface area contributed by atoms with E-state index in [2.05, 4.69) is 10.0 Å². The van der Waals surface area contributed by atoms with Gasteiger partial charge in [-0.05, 0) is 55.2 Å². The minimum Gasteiger partial charge on any atom is -0.325 e. The molecule has 1 aliphatic heterocycles. The van der Waals surface area contributed by atoms with E-state index in [-0.39, 0.29) is 5.91 Å². The summed E-state index contributed by atoms with van der Waals surface area (Å²) in [6.07, 6.45) is 4.52. The Morgan fingerprint density at radius 3 is 2.64 bits per heavy atom. The van der Waals surface area contributed by atoms with E-state index in [9.17, 15) is 13.2 Å². The second-order valence-electron chi connectivity index (χ2n) is 6.68. The zero-order chi connectivity index (χ0) is 17.7. The molecule has 132 valence electrons. The lowest BCUT2D eigenvalue weighted by Crippen LogP contribution is -2.31. The Morgan fingerprint density at radius 1 is 1.20 bits per heavy atom. The zero-order valence-corrected chi connectivity index (χ0v) is 15.6. The summed E-state index contributed by atoms with van der Waals surface area (Å²) >= 11 is 1.29. The normalized spacial score (nSPS) is 18.4. The van der Waals surface area contributed by atoms with Gasteiger partial charge in [-0.25, -0.2) is 8.42 Å². The average Bonchev–Trinajstić information content (AvgIpc) is 3.30. The molecular weight excluding hydrogens is 356 g/mol. The number of nitrogens with one attached hydrogen (secondary N) is 2. The van der Waals surface area contributed by atoms with Crippen molar-refractivity contribution in [2.45, 2.75) is 48.7 Å². The van der Waals surface area contributed by atoms with Gasteiger partial charge >= 0.3 is 0 Å². The number of amides is 1. The Balaban J connectivity index is 1.67. The molecule has 0 atom stereocenters. The minimum absolute atomic E-state index is 0.0471. The van der Waals surface area contributed by atoms with E-state index in [1.807, 2.05) is 19.1 Å². The van der Waals surface area contributed by atoms with Crippen LogP contribution in [0, 0.1) is 0 Å². The topological polar surface area (TPSA) is 75.3 Å². The molecule has 0 radical (unpaired) electrons. The molecule has 1 spiro atoms. The second kappa shape index (κ2) is 5.85. The van der Waals surface area contributed by atoms with E-state index < -0.39 is 15.4 Å². The molecular formula is C18H20N2O3S2. The molecule has 7 heteroatoms. The number of rotatable bonds is 4. The standard InChI is InChI=1S/C18H20N2O3S2/c1-2-13-6-8-16(24-13)25(22,23)20-12-5-7-15-14(11-12)18(17(21)19-15)9-3-4-10-18/h5-8,11,20H,2-4,9-10H2,1H3,(H,19,21). The van der Waals surface area contributed by atoms with Crippen LogP contribution in [-0.2, 0) is 26.7 Å². The molecule has 0 bridgehead atoms. The van der Waals surface area contributed by atoms with Gasteiger partial charge in [0.25, 0.3) is 10.0 Å². The number of hydrogen-bond acceptors (Lipinski definition) is 4. The van der Waals surface area contributed by atoms with Crippen LogP contribution in [-0.4, -0.2) is 14.3 Å². The van der Waals surface area contributed by atoms with Crippen molar-refractivity contribution < 1.29 is 13.2 Å². The predicted octanol–water partition coefficient (Wildman–Crippen LogP) is 3.88. The summed E-state index contributed by atoms with van der Waals surface area (Å²) in [6.45, 7) is 2.00. The van der Waals surface area contributed by atoms with Crippen LogP contribution in [0.15, 0.2) is 34.5 Å². The van der Waals surface area contributed by atoms with Gasteiger partial charge in [-0.2, -0.15) is 0 Å². The van der Waals surface area contributed by atoms with Crippen molar-refractivity contribution in [1.82, 2.24) is 0 Å². The molecule has 1 aromatic carbocycles. The lowest BCUT2D eigenvalue weighted by atomic mass is 9.80. The molecule has 1 aromatic heterocycles. The number of carbonyl (C=O) groups is 1. The molecule has 25 heavy (non-hydrogen) atoms. The average molecular weight is 377 g/mol. The maximum Gasteiger partial charge on any atom is 0.271 e. The third kappa shape index (κ3) is 2.66. The first kappa shape index (κ1) is 16.6. The molecule has 1 aliphatic carbocycles. The number of anilines is 2. The molecule has 1 fully saturated rings. The highest BCUT2D eigenvalue weighted by Gasteiger charge is 2.48. The van der Waals surface area contributed by atoms with Crippen LogP contribution in [0.25, 0.3) is 0 Å². The van der Waals surface area contributed by atoms with Crippen LogP contribution in [0.5, 0.6) is 0 Å². The molecule has 2 heterocycles. The number of carbonyl (C=O) groups excluding carboxylic acids is 1. The molecule has 1 saturated carbocycles. The van der Waals surface area contributed by atoms with E-state index >= 15 is 0 Å². The van der Waals surface area contributed by atoms with Crippen molar-refractivity contribution >= 4 is 38.6 Å². The van der Waals surface area contributed by atoms with E-state index in [1.165, 1.54) is 11.3 Å². The summed E-state index contributed by atoms with van der Waals surface area (Å²) in [5.41, 5.74) is 1.76. The Kier molecular flexibility index (Phi) is 3.88. The van der Waals surface area contributed by atoms with E-state index in [4.69, 9.17) is 0 Å². The number of benzene rings is 1. The largest absolute Gasteiger partial charge is 0.325 e. The van der Waals surface area contributed by atoms with Crippen molar-refractivity contribution in [1.29, 1.82) is 0 Å². The van der Waals surface area contributed by atoms with Crippen molar-refractivity contribution in [3.05, 3.63) is 40.8 Å². The van der Waals surface area contributed by atoms with E-state index in [1.54, 1.807) is 18.2 Å². The summed E-state index contributed by atoms with van der Waals surface area (Å²) in [5, 5.41) is 2.95. The van der Waals surface area contributed by atoms with Gasteiger partial charge in [0.2, 0.25) is 5.91 Å². The summed E-state index contributed by atoms with van der Waals surface area (Å²) in [6, 6.07) is 8.81. The Morgan fingerprint density at radius 2 is 1.96 bits per heavy atom. The quantitative estimate of drug-likeness (QED) is 0.850. The predicted molar refractivity (Wildman–Crippen MR) is 99.7 cm³/mol. The summed E-state index contributed by atoms with van der Waals surface area (Å²) in [5.74, 6) is 0.0471. The van der Waals surface area contributed by atoms with Gasteiger partial charge in [-0.1, -0.05) is 19.8 Å². The van der Waals surface area contributed by atoms with Crippen molar-refractivity contribution in [3.63, 3.8) is 0 Å². The molecule has 4 rings (SSSR count). The maximum absolute atomic E-state index is 12.6. The van der Waals surface area contributed by atoms with E-state index in [0.29, 0.717) is 9.90 Å². The number of thiophene rings is 1. The maximum atomic E-state index is 12.6. The minimum atomic E-state index is -3.61. The highest BCUT2D eigenvalue weighted by Crippen LogP contribution is 2.49. The van der Waals surface area contributed by atoms with Crippen LogP contribution >= 0.6 is 11.3 Å². The number of aryl methyl sites for hydroxylation is 1. The number of hydrogen-bond donors (Lipinski definition) is 2. The summed E-state index contributed by atoms with van der Waals surface area (Å²) in [7, 11) is -3.61. The van der Waals surface area contributed by atoms with Crippen molar-refractivity contribution in [2.24, 2.45) is 0 Å². The fraction of sp³-hybridized carbons (Fsp3) is 0.389. The number of sulfonamides is 1. The highest BCUT2D eigenvalue weighted by molar-refractivity contribution is 7.94.